The number of carbonyl (C=O) groups is 5. The number of ether oxygens (including phenoxy) is 1. The molecule has 11 nitrogen and oxygen atoms in total. The number of aromatic nitrogens is 1. The summed E-state index contributed by atoms with van der Waals surface area (Å²) in [7, 11) is 4.58. The monoisotopic (exact) mass is 521 g/mol. The van der Waals surface area contributed by atoms with E-state index < -0.39 is 64.4 Å². The molecule has 1 aromatic heterocycles. The molecule has 198 valence electrons. The third-order valence-electron chi connectivity index (χ3n) is 8.20. The van der Waals surface area contributed by atoms with Crippen LogP contribution in [0, 0.1) is 23.7 Å². The fraction of sp³-hybridized carbons (Fsp3) is 0.407. The van der Waals surface area contributed by atoms with Crippen LogP contribution in [0.15, 0.2) is 30.6 Å². The first-order chi connectivity index (χ1) is 17.9. The average Bonchev–Trinajstić information content (AvgIpc) is 2.86. The van der Waals surface area contributed by atoms with Gasteiger partial charge in [0.05, 0.1) is 30.8 Å². The highest BCUT2D eigenvalue weighted by Gasteiger charge is 2.69. The van der Waals surface area contributed by atoms with Crippen molar-refractivity contribution in [3.05, 3.63) is 41.7 Å². The molecule has 2 saturated carbocycles. The summed E-state index contributed by atoms with van der Waals surface area (Å²) in [6.07, 6.45) is 3.25. The number of carbonyl (C=O) groups excluding carboxylic acids is 5. The van der Waals surface area contributed by atoms with E-state index in [-0.39, 0.29) is 24.2 Å². The number of hydrogen-bond donors (Lipinski definition) is 3. The minimum Gasteiger partial charge on any atom is -0.507 e. The molecular weight excluding hydrogens is 494 g/mol. The van der Waals surface area contributed by atoms with Crippen LogP contribution in [0.3, 0.4) is 0 Å². The third kappa shape index (κ3) is 3.42. The first-order valence-electron chi connectivity index (χ1n) is 12.1. The zero-order valence-corrected chi connectivity index (χ0v) is 21.0. The first kappa shape index (κ1) is 25.7. The second-order valence-electron chi connectivity index (χ2n) is 10.4. The number of aromatic hydroxyl groups is 1. The maximum atomic E-state index is 13.9. The second kappa shape index (κ2) is 8.81. The number of nitrogens with zero attached hydrogens (tertiary/aromatic N) is 2. The average molecular weight is 522 g/mol. The molecule has 0 spiro atoms. The maximum Gasteiger partial charge on any atom is 0.235 e. The van der Waals surface area contributed by atoms with Gasteiger partial charge in [-0.15, -0.1) is 0 Å². The van der Waals surface area contributed by atoms with Crippen LogP contribution in [-0.2, 0) is 25.6 Å². The molecule has 1 aromatic carbocycles. The number of rotatable bonds is 4. The highest BCUT2D eigenvalue weighted by molar-refractivity contribution is 6.32. The molecule has 0 radical (unpaired) electrons. The van der Waals surface area contributed by atoms with Gasteiger partial charge < -0.3 is 20.7 Å². The summed E-state index contributed by atoms with van der Waals surface area (Å²) in [6.45, 7) is 0. The molecule has 1 heterocycles. The summed E-state index contributed by atoms with van der Waals surface area (Å²) < 4.78 is 5.26. The Morgan fingerprint density at radius 1 is 1.16 bits per heavy atom. The molecule has 6 atom stereocenters. The van der Waals surface area contributed by atoms with Crippen molar-refractivity contribution in [2.45, 2.75) is 24.5 Å². The number of primary amides is 1. The van der Waals surface area contributed by atoms with Crippen LogP contribution in [-0.4, -0.2) is 82.0 Å². The Morgan fingerprint density at radius 2 is 1.87 bits per heavy atom. The quantitative estimate of drug-likeness (QED) is 0.462. The molecular formula is C27H27N3O8. The zero-order valence-electron chi connectivity index (χ0n) is 21.0. The van der Waals surface area contributed by atoms with Crippen LogP contribution in [0.4, 0.5) is 0 Å². The summed E-state index contributed by atoms with van der Waals surface area (Å²) in [4.78, 5) is 71.8. The highest BCUT2D eigenvalue weighted by atomic mass is 16.5. The number of hydrogen-bond acceptors (Lipinski definition) is 10. The number of pyridine rings is 1. The molecule has 2 fully saturated rings. The molecule has 3 aliphatic carbocycles. The molecule has 4 N–H and O–H groups in total. The van der Waals surface area contributed by atoms with Gasteiger partial charge in [-0.2, -0.15) is 0 Å². The van der Waals surface area contributed by atoms with Crippen LogP contribution in [0.25, 0.3) is 11.1 Å². The van der Waals surface area contributed by atoms with E-state index >= 15 is 0 Å². The number of methoxy groups -OCH3 is 1. The van der Waals surface area contributed by atoms with Crippen LogP contribution in [0.2, 0.25) is 0 Å². The van der Waals surface area contributed by atoms with E-state index in [1.165, 1.54) is 24.3 Å². The van der Waals surface area contributed by atoms with Gasteiger partial charge in [-0.3, -0.25) is 33.9 Å². The van der Waals surface area contributed by atoms with Gasteiger partial charge in [0.2, 0.25) is 5.91 Å². The summed E-state index contributed by atoms with van der Waals surface area (Å²) in [5.74, 6) is -10.3. The fourth-order valence-corrected chi connectivity index (χ4v) is 6.55. The van der Waals surface area contributed by atoms with E-state index in [1.807, 2.05) is 0 Å². The maximum absolute atomic E-state index is 13.9. The van der Waals surface area contributed by atoms with Crippen LogP contribution < -0.4 is 10.5 Å². The van der Waals surface area contributed by atoms with E-state index in [0.29, 0.717) is 22.4 Å². The topological polar surface area (TPSA) is 177 Å². The van der Waals surface area contributed by atoms with Gasteiger partial charge in [-0.1, -0.05) is 6.07 Å². The van der Waals surface area contributed by atoms with Crippen molar-refractivity contribution in [1.82, 2.24) is 9.88 Å². The van der Waals surface area contributed by atoms with Crippen molar-refractivity contribution in [2.75, 3.05) is 21.2 Å². The Bertz CT molecular complexity index is 1420. The van der Waals surface area contributed by atoms with E-state index in [9.17, 15) is 34.2 Å². The van der Waals surface area contributed by atoms with Crippen LogP contribution >= 0.6 is 0 Å². The molecule has 0 bridgehead atoms. The van der Waals surface area contributed by atoms with Crippen molar-refractivity contribution >= 4 is 29.0 Å². The predicted molar refractivity (Wildman–Crippen MR) is 131 cm³/mol. The smallest absolute Gasteiger partial charge is 0.235 e. The standard InChI is InChI=1S/C27H27N3O8/c1-30(2)21-16-8-11-7-15-14(12-6-13(38-3)10-29-9-12)4-5-17(31)19(15)22(32)18(11)24(34)27(16,37)25(35)20(23(21)33)26(28)36/h4-6,9-11,16,18,20-21,31,37H,7-8H2,1-3H3,(H2,28,36)/t11-,16-,18?,20?,21?,27-/m1/s1. The number of likely N-dealkylation sites (N-methyl/N-ethyl adjacent to an activating group) is 1. The van der Waals surface area contributed by atoms with E-state index in [1.54, 1.807) is 32.4 Å². The number of aliphatic hydroxyl groups is 1. The zero-order chi connectivity index (χ0) is 27.7. The lowest BCUT2D eigenvalue weighted by atomic mass is 9.52. The van der Waals surface area contributed by atoms with Crippen molar-refractivity contribution in [1.29, 1.82) is 0 Å². The van der Waals surface area contributed by atoms with Gasteiger partial charge in [-0.05, 0) is 56.1 Å². The highest BCUT2D eigenvalue weighted by Crippen LogP contribution is 2.51. The van der Waals surface area contributed by atoms with E-state index in [2.05, 4.69) is 4.98 Å². The van der Waals surface area contributed by atoms with E-state index in [4.69, 9.17) is 10.5 Å². The number of benzene rings is 1. The summed E-state index contributed by atoms with van der Waals surface area (Å²) in [5.41, 5.74) is 4.25. The lowest BCUT2D eigenvalue weighted by Gasteiger charge is -2.52. The largest absolute Gasteiger partial charge is 0.507 e. The summed E-state index contributed by atoms with van der Waals surface area (Å²) in [6, 6.07) is 3.56. The Kier molecular flexibility index (Phi) is 5.96. The fourth-order valence-electron chi connectivity index (χ4n) is 6.55. The predicted octanol–water partition coefficient (Wildman–Crippen LogP) is -0.0624. The molecule has 0 aliphatic heterocycles. The molecule has 38 heavy (non-hydrogen) atoms. The minimum absolute atomic E-state index is 0.0185. The Hall–Kier alpha value is -3.96. The van der Waals surface area contributed by atoms with Crippen molar-refractivity contribution in [2.24, 2.45) is 29.4 Å². The number of fused-ring (bicyclic) bond motifs is 3. The molecule has 11 heteroatoms. The van der Waals surface area contributed by atoms with Crippen molar-refractivity contribution in [3.63, 3.8) is 0 Å². The third-order valence-corrected chi connectivity index (χ3v) is 8.20. The summed E-state index contributed by atoms with van der Waals surface area (Å²) in [5, 5.41) is 22.3. The molecule has 2 aromatic rings. The SMILES string of the molecule is COc1cncc(-c2ccc(O)c3c2C[C@@H]2C[C@@H]4C(N(C)C)C(=O)C(C(N)=O)C(=O)[C@]4(O)C(=O)C2C3=O)c1. The number of nitrogens with two attached hydrogens (primary N) is 1. The number of phenols is 1. The molecule has 3 aliphatic rings. The molecule has 0 saturated heterocycles. The summed E-state index contributed by atoms with van der Waals surface area (Å²) >= 11 is 0. The van der Waals surface area contributed by atoms with E-state index in [0.717, 1.165) is 0 Å². The number of Topliss-reactive ketones (excluding diaryl/α,β-unsaturated/α-hetero) is 4. The number of ketones is 4. The second-order valence-corrected chi connectivity index (χ2v) is 10.4. The van der Waals surface area contributed by atoms with Crippen molar-refractivity contribution < 1.29 is 38.9 Å². The Balaban J connectivity index is 1.66. The molecule has 1 amide bonds. The van der Waals surface area contributed by atoms with Gasteiger partial charge in [-0.25, -0.2) is 0 Å². The molecule has 5 rings (SSSR count). The Morgan fingerprint density at radius 3 is 2.50 bits per heavy atom. The van der Waals surface area contributed by atoms with Crippen molar-refractivity contribution in [3.8, 4) is 22.6 Å². The Labute approximate surface area is 217 Å². The van der Waals surface area contributed by atoms with Gasteiger partial charge in [0, 0.05) is 17.7 Å². The first-order valence-corrected chi connectivity index (χ1v) is 12.1. The minimum atomic E-state index is -2.75. The lowest BCUT2D eigenvalue weighted by molar-refractivity contribution is -0.181. The van der Waals surface area contributed by atoms with Gasteiger partial charge in [0.15, 0.2) is 34.7 Å². The number of amides is 1. The van der Waals surface area contributed by atoms with Gasteiger partial charge in [0.1, 0.15) is 11.5 Å². The number of phenolic OH excluding ortho intramolecular Hbond substituents is 1. The van der Waals surface area contributed by atoms with Gasteiger partial charge in [0.25, 0.3) is 0 Å². The molecule has 3 unspecified atom stereocenters. The lowest BCUT2D eigenvalue weighted by Crippen LogP contribution is -2.74. The normalized spacial score (nSPS) is 30.5. The van der Waals surface area contributed by atoms with Crippen LogP contribution in [0.5, 0.6) is 11.5 Å². The van der Waals surface area contributed by atoms with Gasteiger partial charge >= 0.3 is 0 Å². The van der Waals surface area contributed by atoms with Crippen LogP contribution in [0.1, 0.15) is 22.3 Å².